The molecule has 5 heteroatoms. The van der Waals surface area contributed by atoms with Crippen molar-refractivity contribution in [3.8, 4) is 0 Å². The smallest absolute Gasteiger partial charge is 0.224 e. The number of nitrogen functional groups attached to an aromatic ring is 1. The second-order valence-electron chi connectivity index (χ2n) is 5.55. The Morgan fingerprint density at radius 1 is 1.13 bits per heavy atom. The van der Waals surface area contributed by atoms with E-state index in [0.717, 1.165) is 22.4 Å². The van der Waals surface area contributed by atoms with Crippen LogP contribution in [-0.2, 0) is 27.8 Å². The zero-order valence-electron chi connectivity index (χ0n) is 13.5. The minimum Gasteiger partial charge on any atom is -0.399 e. The number of nitrogens with two attached hydrogens (primary N) is 1. The van der Waals surface area contributed by atoms with E-state index in [4.69, 9.17) is 5.73 Å². The number of carbonyl (C=O) groups is 1. The SMILES string of the molecule is Cc1c(CS(C)=O)cccc1NC(=O)CCc1ccccc1N. The summed E-state index contributed by atoms with van der Waals surface area (Å²) < 4.78 is 11.4. The molecule has 4 nitrogen and oxygen atoms in total. The topological polar surface area (TPSA) is 72.2 Å². The van der Waals surface area contributed by atoms with Gasteiger partial charge >= 0.3 is 0 Å². The van der Waals surface area contributed by atoms with E-state index < -0.39 is 10.8 Å². The first kappa shape index (κ1) is 17.2. The first-order valence-corrected chi connectivity index (χ1v) is 9.22. The average Bonchev–Trinajstić information content (AvgIpc) is 2.50. The van der Waals surface area contributed by atoms with Crippen LogP contribution < -0.4 is 11.1 Å². The van der Waals surface area contributed by atoms with E-state index in [0.29, 0.717) is 24.3 Å². The molecule has 122 valence electrons. The molecule has 2 aromatic carbocycles. The van der Waals surface area contributed by atoms with Crippen molar-refractivity contribution in [1.82, 2.24) is 0 Å². The van der Waals surface area contributed by atoms with Crippen molar-refractivity contribution in [2.75, 3.05) is 17.3 Å². The third-order valence-corrected chi connectivity index (χ3v) is 4.47. The average molecular weight is 330 g/mol. The molecule has 3 N–H and O–H groups in total. The summed E-state index contributed by atoms with van der Waals surface area (Å²) in [5.74, 6) is 0.446. The number of rotatable bonds is 6. The van der Waals surface area contributed by atoms with E-state index in [1.807, 2.05) is 49.4 Å². The van der Waals surface area contributed by atoms with Crippen molar-refractivity contribution in [1.29, 1.82) is 0 Å². The highest BCUT2D eigenvalue weighted by atomic mass is 32.2. The number of para-hydroxylation sites is 1. The molecule has 0 saturated heterocycles. The van der Waals surface area contributed by atoms with Gasteiger partial charge in [-0.15, -0.1) is 0 Å². The molecule has 2 aromatic rings. The molecule has 0 radical (unpaired) electrons. The minimum atomic E-state index is -0.905. The fraction of sp³-hybridized carbons (Fsp3) is 0.278. The maximum absolute atomic E-state index is 12.2. The lowest BCUT2D eigenvalue weighted by molar-refractivity contribution is -0.116. The molecule has 2 rings (SSSR count). The Labute approximate surface area is 139 Å². The lowest BCUT2D eigenvalue weighted by atomic mass is 10.1. The van der Waals surface area contributed by atoms with Crippen LogP contribution in [0.2, 0.25) is 0 Å². The number of benzene rings is 2. The number of anilines is 2. The Hall–Kier alpha value is -2.14. The monoisotopic (exact) mass is 330 g/mol. The van der Waals surface area contributed by atoms with Gasteiger partial charge in [0.1, 0.15) is 0 Å². The molecule has 0 fully saturated rings. The van der Waals surface area contributed by atoms with Gasteiger partial charge in [-0.3, -0.25) is 9.00 Å². The van der Waals surface area contributed by atoms with Crippen LogP contribution >= 0.6 is 0 Å². The molecule has 0 spiro atoms. The van der Waals surface area contributed by atoms with Gasteiger partial charge < -0.3 is 11.1 Å². The molecule has 0 heterocycles. The predicted molar refractivity (Wildman–Crippen MR) is 96.8 cm³/mol. The van der Waals surface area contributed by atoms with Crippen LogP contribution in [0.4, 0.5) is 11.4 Å². The van der Waals surface area contributed by atoms with Crippen LogP contribution in [0.15, 0.2) is 42.5 Å². The molecule has 1 amide bonds. The van der Waals surface area contributed by atoms with Gasteiger partial charge in [0.15, 0.2) is 0 Å². The first-order valence-electron chi connectivity index (χ1n) is 7.49. The van der Waals surface area contributed by atoms with Gasteiger partial charge in [0.25, 0.3) is 0 Å². The van der Waals surface area contributed by atoms with Gasteiger partial charge in [-0.2, -0.15) is 0 Å². The Kier molecular flexibility index (Phi) is 5.93. The summed E-state index contributed by atoms with van der Waals surface area (Å²) in [6.07, 6.45) is 2.66. The van der Waals surface area contributed by atoms with E-state index in [1.165, 1.54) is 0 Å². The fourth-order valence-electron chi connectivity index (χ4n) is 2.42. The van der Waals surface area contributed by atoms with Crippen LogP contribution in [0, 0.1) is 6.92 Å². The quantitative estimate of drug-likeness (QED) is 0.800. The molecular weight excluding hydrogens is 308 g/mol. The standard InChI is InChI=1S/C18H22N2O2S/c1-13-15(12-23(2)22)7-5-9-17(13)20-18(21)11-10-14-6-3-4-8-16(14)19/h3-9H,10-12,19H2,1-2H3,(H,20,21). The zero-order chi connectivity index (χ0) is 16.8. The summed E-state index contributed by atoms with van der Waals surface area (Å²) in [7, 11) is -0.905. The number of carbonyl (C=O) groups excluding carboxylic acids is 1. The fourth-order valence-corrected chi connectivity index (χ4v) is 3.17. The van der Waals surface area contributed by atoms with E-state index in [2.05, 4.69) is 5.32 Å². The highest BCUT2D eigenvalue weighted by molar-refractivity contribution is 7.83. The van der Waals surface area contributed by atoms with Crippen LogP contribution in [0.3, 0.4) is 0 Å². The number of amides is 1. The molecule has 1 atom stereocenters. The summed E-state index contributed by atoms with van der Waals surface area (Å²) in [6.45, 7) is 1.94. The van der Waals surface area contributed by atoms with Crippen LogP contribution in [0.5, 0.6) is 0 Å². The van der Waals surface area contributed by atoms with Crippen molar-refractivity contribution in [3.63, 3.8) is 0 Å². The summed E-state index contributed by atoms with van der Waals surface area (Å²) in [4.78, 5) is 12.2. The molecule has 0 aliphatic carbocycles. The van der Waals surface area contributed by atoms with Crippen molar-refractivity contribution >= 4 is 28.1 Å². The first-order chi connectivity index (χ1) is 11.0. The minimum absolute atomic E-state index is 0.0499. The van der Waals surface area contributed by atoms with Crippen LogP contribution in [0.1, 0.15) is 23.1 Å². The van der Waals surface area contributed by atoms with Crippen molar-refractivity contribution in [2.45, 2.75) is 25.5 Å². The van der Waals surface area contributed by atoms with Crippen LogP contribution in [-0.4, -0.2) is 16.4 Å². The summed E-state index contributed by atoms with van der Waals surface area (Å²) in [6, 6.07) is 13.3. The highest BCUT2D eigenvalue weighted by Gasteiger charge is 2.09. The van der Waals surface area contributed by atoms with Crippen molar-refractivity contribution in [2.24, 2.45) is 0 Å². The molecule has 0 aliphatic heterocycles. The lowest BCUT2D eigenvalue weighted by Crippen LogP contribution is -2.14. The zero-order valence-corrected chi connectivity index (χ0v) is 14.3. The number of aryl methyl sites for hydroxylation is 1. The molecule has 0 bridgehead atoms. The summed E-state index contributed by atoms with van der Waals surface area (Å²) in [5.41, 5.74) is 10.3. The van der Waals surface area contributed by atoms with Gasteiger partial charge in [-0.1, -0.05) is 30.3 Å². The molecule has 0 aromatic heterocycles. The number of hydrogen-bond donors (Lipinski definition) is 2. The van der Waals surface area contributed by atoms with Gasteiger partial charge in [0, 0.05) is 40.6 Å². The molecule has 1 unspecified atom stereocenters. The second kappa shape index (κ2) is 7.92. The Morgan fingerprint density at radius 2 is 1.83 bits per heavy atom. The Bertz CT molecular complexity index is 729. The normalized spacial score (nSPS) is 11.9. The number of nitrogens with one attached hydrogen (secondary N) is 1. The third-order valence-electron chi connectivity index (χ3n) is 3.76. The third kappa shape index (κ3) is 4.93. The van der Waals surface area contributed by atoms with Crippen molar-refractivity contribution < 1.29 is 9.00 Å². The summed E-state index contributed by atoms with van der Waals surface area (Å²) in [5, 5.41) is 2.93. The lowest BCUT2D eigenvalue weighted by Gasteiger charge is -2.12. The van der Waals surface area contributed by atoms with E-state index in [9.17, 15) is 9.00 Å². The Balaban J connectivity index is 2.00. The second-order valence-corrected chi connectivity index (χ2v) is 6.99. The number of hydrogen-bond acceptors (Lipinski definition) is 3. The van der Waals surface area contributed by atoms with E-state index >= 15 is 0 Å². The van der Waals surface area contributed by atoms with Gasteiger partial charge in [-0.25, -0.2) is 0 Å². The molecular formula is C18H22N2O2S. The van der Waals surface area contributed by atoms with E-state index in [1.54, 1.807) is 6.26 Å². The Morgan fingerprint density at radius 3 is 2.52 bits per heavy atom. The summed E-state index contributed by atoms with van der Waals surface area (Å²) >= 11 is 0. The largest absolute Gasteiger partial charge is 0.399 e. The maximum atomic E-state index is 12.2. The maximum Gasteiger partial charge on any atom is 0.224 e. The van der Waals surface area contributed by atoms with E-state index in [-0.39, 0.29) is 5.91 Å². The predicted octanol–water partition coefficient (Wildman–Crippen LogP) is 3.03. The molecule has 0 aliphatic rings. The molecule has 23 heavy (non-hydrogen) atoms. The van der Waals surface area contributed by atoms with Gasteiger partial charge in [-0.05, 0) is 42.2 Å². The molecule has 0 saturated carbocycles. The van der Waals surface area contributed by atoms with Gasteiger partial charge in [0.05, 0.1) is 0 Å². The highest BCUT2D eigenvalue weighted by Crippen LogP contribution is 2.21. The van der Waals surface area contributed by atoms with Gasteiger partial charge in [0.2, 0.25) is 5.91 Å². The van der Waals surface area contributed by atoms with Crippen molar-refractivity contribution in [3.05, 3.63) is 59.2 Å². The van der Waals surface area contributed by atoms with Crippen LogP contribution in [0.25, 0.3) is 0 Å².